The molecular weight excluding hydrogens is 234 g/mol. The largest absolute Gasteiger partial charge is 0.390 e. The van der Waals surface area contributed by atoms with Crippen LogP contribution in [-0.2, 0) is 13.0 Å². The van der Waals surface area contributed by atoms with Crippen LogP contribution in [-0.4, -0.2) is 28.7 Å². The third-order valence-corrected chi connectivity index (χ3v) is 3.45. The molecule has 2 heterocycles. The van der Waals surface area contributed by atoms with Crippen LogP contribution in [0.1, 0.15) is 10.6 Å². The lowest BCUT2D eigenvalue weighted by Gasteiger charge is -2.17. The summed E-state index contributed by atoms with van der Waals surface area (Å²) in [6.07, 6.45) is 4.31. The lowest BCUT2D eigenvalue weighted by atomic mass is 10.3. The Morgan fingerprint density at radius 1 is 1.35 bits per heavy atom. The minimum absolute atomic E-state index is 0.0633. The predicted molar refractivity (Wildman–Crippen MR) is 69.2 cm³/mol. The topological polar surface area (TPSA) is 49.2 Å². The molecule has 4 nitrogen and oxygen atoms in total. The third-order valence-electron chi connectivity index (χ3n) is 2.52. The van der Waals surface area contributed by atoms with Crippen LogP contribution in [0.15, 0.2) is 29.9 Å². The molecule has 17 heavy (non-hydrogen) atoms. The second-order valence-corrected chi connectivity index (χ2v) is 4.81. The Morgan fingerprint density at radius 3 is 2.82 bits per heavy atom. The molecule has 0 aromatic carbocycles. The number of thiophene rings is 1. The molecule has 0 aliphatic carbocycles. The number of likely N-dealkylation sites (N-methyl/N-ethyl adjacent to an activating group) is 1. The first kappa shape index (κ1) is 12.0. The van der Waals surface area contributed by atoms with Gasteiger partial charge in [0, 0.05) is 18.5 Å². The number of aromatic nitrogens is 2. The highest BCUT2D eigenvalue weighted by Crippen LogP contribution is 2.12. The van der Waals surface area contributed by atoms with Crippen molar-refractivity contribution < 1.29 is 5.11 Å². The van der Waals surface area contributed by atoms with E-state index in [0.717, 1.165) is 18.8 Å². The molecule has 0 fully saturated rings. The first-order valence-electron chi connectivity index (χ1n) is 5.45. The predicted octanol–water partition coefficient (Wildman–Crippen LogP) is 1.71. The number of hydrogen-bond donors (Lipinski definition) is 1. The van der Waals surface area contributed by atoms with E-state index in [4.69, 9.17) is 5.11 Å². The van der Waals surface area contributed by atoms with E-state index in [1.807, 2.05) is 7.05 Å². The van der Waals surface area contributed by atoms with Gasteiger partial charge in [-0.2, -0.15) is 0 Å². The summed E-state index contributed by atoms with van der Waals surface area (Å²) in [5, 5.41) is 11.0. The van der Waals surface area contributed by atoms with Crippen LogP contribution in [0.25, 0.3) is 0 Å². The smallest absolute Gasteiger partial charge is 0.146 e. The Labute approximate surface area is 105 Å². The number of anilines is 1. The summed E-state index contributed by atoms with van der Waals surface area (Å²) < 4.78 is 0. The summed E-state index contributed by atoms with van der Waals surface area (Å²) in [5.41, 5.74) is 0.598. The number of hydrogen-bond acceptors (Lipinski definition) is 5. The minimum Gasteiger partial charge on any atom is -0.390 e. The van der Waals surface area contributed by atoms with Gasteiger partial charge in [-0.25, -0.2) is 4.98 Å². The maximum Gasteiger partial charge on any atom is 0.146 e. The van der Waals surface area contributed by atoms with Gasteiger partial charge in [0.1, 0.15) is 5.82 Å². The molecule has 2 aromatic rings. The van der Waals surface area contributed by atoms with Crippen molar-refractivity contribution in [1.29, 1.82) is 0 Å². The molecule has 0 bridgehead atoms. The van der Waals surface area contributed by atoms with Crippen LogP contribution < -0.4 is 4.90 Å². The summed E-state index contributed by atoms with van der Waals surface area (Å²) in [7, 11) is 2.00. The van der Waals surface area contributed by atoms with Gasteiger partial charge in [-0.3, -0.25) is 4.98 Å². The molecule has 0 unspecified atom stereocenters. The third kappa shape index (κ3) is 3.25. The van der Waals surface area contributed by atoms with Gasteiger partial charge in [-0.05, 0) is 17.9 Å². The molecule has 2 aromatic heterocycles. The quantitative estimate of drug-likeness (QED) is 0.876. The van der Waals surface area contributed by atoms with Crippen molar-refractivity contribution in [3.05, 3.63) is 40.5 Å². The van der Waals surface area contributed by atoms with Crippen molar-refractivity contribution in [1.82, 2.24) is 9.97 Å². The normalized spacial score (nSPS) is 10.5. The van der Waals surface area contributed by atoms with Crippen LogP contribution in [0.5, 0.6) is 0 Å². The first-order valence-corrected chi connectivity index (χ1v) is 6.33. The van der Waals surface area contributed by atoms with Gasteiger partial charge in [0.15, 0.2) is 0 Å². The lowest BCUT2D eigenvalue weighted by molar-refractivity contribution is 0.276. The fraction of sp³-hybridized carbons (Fsp3) is 0.333. The molecular formula is C12H15N3OS. The zero-order chi connectivity index (χ0) is 12.1. The summed E-state index contributed by atoms with van der Waals surface area (Å²) >= 11 is 1.77. The Balaban J connectivity index is 1.92. The second-order valence-electron chi connectivity index (χ2n) is 3.77. The van der Waals surface area contributed by atoms with E-state index in [1.54, 1.807) is 23.7 Å². The highest BCUT2D eigenvalue weighted by atomic mass is 32.1. The fourth-order valence-electron chi connectivity index (χ4n) is 1.47. The molecule has 0 saturated carbocycles. The maximum absolute atomic E-state index is 8.88. The molecule has 0 atom stereocenters. The molecule has 0 spiro atoms. The molecule has 5 heteroatoms. The van der Waals surface area contributed by atoms with Gasteiger partial charge >= 0.3 is 0 Å². The summed E-state index contributed by atoms with van der Waals surface area (Å²) in [4.78, 5) is 11.8. The standard InChI is InChI=1S/C12H15N3OS/c1-15(5-4-11-3-2-6-17-11)12-8-13-10(9-16)7-14-12/h2-3,6-8,16H,4-5,9H2,1H3. The summed E-state index contributed by atoms with van der Waals surface area (Å²) in [6, 6.07) is 4.20. The lowest BCUT2D eigenvalue weighted by Crippen LogP contribution is -2.21. The minimum atomic E-state index is -0.0633. The number of aliphatic hydroxyl groups excluding tert-OH is 1. The number of rotatable bonds is 5. The molecule has 0 aliphatic heterocycles. The molecule has 0 radical (unpaired) electrons. The van der Waals surface area contributed by atoms with Gasteiger partial charge < -0.3 is 10.0 Å². The fourth-order valence-corrected chi connectivity index (χ4v) is 2.17. The van der Waals surface area contributed by atoms with E-state index in [0.29, 0.717) is 5.69 Å². The highest BCUT2D eigenvalue weighted by Gasteiger charge is 2.04. The van der Waals surface area contributed by atoms with Crippen molar-refractivity contribution in [3.63, 3.8) is 0 Å². The SMILES string of the molecule is CN(CCc1cccs1)c1cnc(CO)cn1. The van der Waals surface area contributed by atoms with E-state index >= 15 is 0 Å². The van der Waals surface area contributed by atoms with Gasteiger partial charge in [0.25, 0.3) is 0 Å². The average molecular weight is 249 g/mol. The van der Waals surface area contributed by atoms with E-state index in [1.165, 1.54) is 4.88 Å². The van der Waals surface area contributed by atoms with Crippen LogP contribution in [0, 0.1) is 0 Å². The van der Waals surface area contributed by atoms with Crippen LogP contribution in [0.4, 0.5) is 5.82 Å². The summed E-state index contributed by atoms with van der Waals surface area (Å²) in [5.74, 6) is 0.832. The Kier molecular flexibility index (Phi) is 4.06. The Morgan fingerprint density at radius 2 is 2.24 bits per heavy atom. The first-order chi connectivity index (χ1) is 8.29. The zero-order valence-corrected chi connectivity index (χ0v) is 10.5. The van der Waals surface area contributed by atoms with Crippen molar-refractivity contribution in [3.8, 4) is 0 Å². The number of aliphatic hydroxyl groups is 1. The van der Waals surface area contributed by atoms with Crippen LogP contribution in [0.3, 0.4) is 0 Å². The highest BCUT2D eigenvalue weighted by molar-refractivity contribution is 7.09. The van der Waals surface area contributed by atoms with Crippen LogP contribution in [0.2, 0.25) is 0 Å². The Hall–Kier alpha value is -1.46. The number of nitrogens with zero attached hydrogens (tertiary/aromatic N) is 3. The molecule has 90 valence electrons. The van der Waals surface area contributed by atoms with Crippen molar-refractivity contribution >= 4 is 17.2 Å². The van der Waals surface area contributed by atoms with Gasteiger partial charge in [0.05, 0.1) is 24.7 Å². The summed E-state index contributed by atoms with van der Waals surface area (Å²) in [6.45, 7) is 0.847. The molecule has 0 saturated heterocycles. The van der Waals surface area contributed by atoms with Gasteiger partial charge in [0.2, 0.25) is 0 Å². The van der Waals surface area contributed by atoms with Crippen molar-refractivity contribution in [2.75, 3.05) is 18.5 Å². The molecule has 0 amide bonds. The van der Waals surface area contributed by atoms with Crippen LogP contribution >= 0.6 is 11.3 Å². The average Bonchev–Trinajstić information content (AvgIpc) is 2.89. The van der Waals surface area contributed by atoms with E-state index < -0.39 is 0 Å². The second kappa shape index (κ2) is 5.75. The van der Waals surface area contributed by atoms with Gasteiger partial charge in [-0.15, -0.1) is 11.3 Å². The van der Waals surface area contributed by atoms with Gasteiger partial charge in [-0.1, -0.05) is 6.07 Å². The van der Waals surface area contributed by atoms with Crippen molar-refractivity contribution in [2.24, 2.45) is 0 Å². The van der Waals surface area contributed by atoms with E-state index in [-0.39, 0.29) is 6.61 Å². The molecule has 2 rings (SSSR count). The maximum atomic E-state index is 8.88. The Bertz CT molecular complexity index is 441. The molecule has 1 N–H and O–H groups in total. The molecule has 0 aliphatic rings. The van der Waals surface area contributed by atoms with Crippen molar-refractivity contribution in [2.45, 2.75) is 13.0 Å². The van der Waals surface area contributed by atoms with E-state index in [2.05, 4.69) is 32.4 Å². The zero-order valence-electron chi connectivity index (χ0n) is 9.71. The van der Waals surface area contributed by atoms with E-state index in [9.17, 15) is 0 Å². The monoisotopic (exact) mass is 249 g/mol.